The highest BCUT2D eigenvalue weighted by Crippen LogP contribution is 2.26. The van der Waals surface area contributed by atoms with Crippen molar-refractivity contribution in [2.75, 3.05) is 11.4 Å². The SMILES string of the molecule is CC.CC.Cc1ccc(N(CC(C)C)c2ccccc2)cc1. The third-order valence-electron chi connectivity index (χ3n) is 2.96. The molecule has 0 N–H and O–H groups in total. The summed E-state index contributed by atoms with van der Waals surface area (Å²) in [6.45, 7) is 15.7. The topological polar surface area (TPSA) is 3.24 Å². The average Bonchev–Trinajstić information content (AvgIpc) is 2.58. The Labute approximate surface area is 138 Å². The molecule has 22 heavy (non-hydrogen) atoms. The highest BCUT2D eigenvalue weighted by molar-refractivity contribution is 5.63. The number of rotatable bonds is 4. The molecular formula is C21H33N. The standard InChI is InChI=1S/C17H21N.2C2H6/c1-14(2)13-18(16-7-5-4-6-8-16)17-11-9-15(3)10-12-17;2*1-2/h4-12,14H,13H2,1-3H3;2*1-2H3. The average molecular weight is 300 g/mol. The maximum absolute atomic E-state index is 2.38. The summed E-state index contributed by atoms with van der Waals surface area (Å²) in [6.07, 6.45) is 0. The van der Waals surface area contributed by atoms with E-state index in [1.165, 1.54) is 16.9 Å². The smallest absolute Gasteiger partial charge is 0.0410 e. The molecule has 0 unspecified atom stereocenters. The first-order chi connectivity index (χ1) is 10.7. The lowest BCUT2D eigenvalue weighted by Gasteiger charge is -2.27. The van der Waals surface area contributed by atoms with Crippen molar-refractivity contribution in [3.63, 3.8) is 0 Å². The second kappa shape index (κ2) is 11.9. The molecule has 0 aromatic heterocycles. The number of benzene rings is 2. The van der Waals surface area contributed by atoms with Crippen molar-refractivity contribution in [2.45, 2.75) is 48.5 Å². The predicted molar refractivity (Wildman–Crippen MR) is 102 cm³/mol. The fourth-order valence-electron chi connectivity index (χ4n) is 2.06. The number of hydrogen-bond acceptors (Lipinski definition) is 1. The van der Waals surface area contributed by atoms with Crippen LogP contribution in [0.15, 0.2) is 54.6 Å². The Hall–Kier alpha value is -1.76. The van der Waals surface area contributed by atoms with Gasteiger partial charge in [0.15, 0.2) is 0 Å². The Morgan fingerprint density at radius 3 is 1.64 bits per heavy atom. The van der Waals surface area contributed by atoms with E-state index in [9.17, 15) is 0 Å². The van der Waals surface area contributed by atoms with Gasteiger partial charge in [0.05, 0.1) is 0 Å². The first-order valence-corrected chi connectivity index (χ1v) is 8.56. The summed E-state index contributed by atoms with van der Waals surface area (Å²) >= 11 is 0. The van der Waals surface area contributed by atoms with E-state index in [4.69, 9.17) is 0 Å². The van der Waals surface area contributed by atoms with Gasteiger partial charge < -0.3 is 4.90 Å². The molecule has 0 saturated carbocycles. The third kappa shape index (κ3) is 6.80. The highest BCUT2D eigenvalue weighted by atomic mass is 15.1. The Bertz CT molecular complexity index is 471. The third-order valence-corrected chi connectivity index (χ3v) is 2.96. The summed E-state index contributed by atoms with van der Waals surface area (Å²) in [5, 5.41) is 0. The van der Waals surface area contributed by atoms with Crippen LogP contribution in [0, 0.1) is 12.8 Å². The fraction of sp³-hybridized carbons (Fsp3) is 0.429. The fourth-order valence-corrected chi connectivity index (χ4v) is 2.06. The van der Waals surface area contributed by atoms with Crippen molar-refractivity contribution >= 4 is 11.4 Å². The Balaban J connectivity index is 0.00000102. The van der Waals surface area contributed by atoms with Gasteiger partial charge in [-0.25, -0.2) is 0 Å². The van der Waals surface area contributed by atoms with Gasteiger partial charge in [-0.15, -0.1) is 0 Å². The molecule has 2 aromatic rings. The van der Waals surface area contributed by atoms with Crippen LogP contribution >= 0.6 is 0 Å². The van der Waals surface area contributed by atoms with Crippen LogP contribution in [0.1, 0.15) is 47.1 Å². The Morgan fingerprint density at radius 1 is 0.727 bits per heavy atom. The van der Waals surface area contributed by atoms with Gasteiger partial charge in [-0.3, -0.25) is 0 Å². The molecule has 2 aromatic carbocycles. The molecule has 0 saturated heterocycles. The minimum absolute atomic E-state index is 0.631. The maximum Gasteiger partial charge on any atom is 0.0410 e. The van der Waals surface area contributed by atoms with Crippen molar-refractivity contribution in [3.05, 3.63) is 60.2 Å². The van der Waals surface area contributed by atoms with Crippen LogP contribution < -0.4 is 4.90 Å². The maximum atomic E-state index is 2.38. The van der Waals surface area contributed by atoms with E-state index in [1.54, 1.807) is 0 Å². The molecule has 0 aliphatic heterocycles. The lowest BCUT2D eigenvalue weighted by atomic mass is 10.1. The van der Waals surface area contributed by atoms with Gasteiger partial charge in [-0.2, -0.15) is 0 Å². The van der Waals surface area contributed by atoms with Gasteiger partial charge in [-0.1, -0.05) is 77.4 Å². The monoisotopic (exact) mass is 299 g/mol. The van der Waals surface area contributed by atoms with Crippen LogP contribution in [0.25, 0.3) is 0 Å². The van der Waals surface area contributed by atoms with Crippen molar-refractivity contribution in [2.24, 2.45) is 5.92 Å². The quantitative estimate of drug-likeness (QED) is 0.597. The molecule has 0 aliphatic rings. The molecule has 0 bridgehead atoms. The number of hydrogen-bond donors (Lipinski definition) is 0. The van der Waals surface area contributed by atoms with Crippen LogP contribution in [0.2, 0.25) is 0 Å². The normalized spacial score (nSPS) is 9.27. The van der Waals surface area contributed by atoms with E-state index in [0.29, 0.717) is 5.92 Å². The largest absolute Gasteiger partial charge is 0.341 e. The number of aryl methyl sites for hydroxylation is 1. The molecule has 0 atom stereocenters. The van der Waals surface area contributed by atoms with Crippen LogP contribution in [0.3, 0.4) is 0 Å². The van der Waals surface area contributed by atoms with Gasteiger partial charge in [0.1, 0.15) is 0 Å². The summed E-state index contributed by atoms with van der Waals surface area (Å²) < 4.78 is 0. The summed E-state index contributed by atoms with van der Waals surface area (Å²) in [5.74, 6) is 0.631. The van der Waals surface area contributed by atoms with E-state index in [1.807, 2.05) is 27.7 Å². The summed E-state index contributed by atoms with van der Waals surface area (Å²) in [6, 6.07) is 19.3. The molecule has 2 rings (SSSR count). The first kappa shape index (κ1) is 20.2. The summed E-state index contributed by atoms with van der Waals surface area (Å²) in [7, 11) is 0. The molecule has 0 aliphatic carbocycles. The zero-order chi connectivity index (χ0) is 17.0. The molecule has 0 amide bonds. The number of nitrogens with zero attached hydrogens (tertiary/aromatic N) is 1. The Morgan fingerprint density at radius 2 is 1.18 bits per heavy atom. The minimum Gasteiger partial charge on any atom is -0.341 e. The van der Waals surface area contributed by atoms with Crippen molar-refractivity contribution in [1.29, 1.82) is 0 Å². The molecule has 0 radical (unpaired) electrons. The second-order valence-electron chi connectivity index (χ2n) is 5.18. The number of anilines is 2. The first-order valence-electron chi connectivity index (χ1n) is 8.56. The zero-order valence-corrected chi connectivity index (χ0v) is 15.4. The molecule has 0 spiro atoms. The molecule has 1 nitrogen and oxygen atoms in total. The van der Waals surface area contributed by atoms with E-state index in [-0.39, 0.29) is 0 Å². The highest BCUT2D eigenvalue weighted by Gasteiger charge is 2.10. The van der Waals surface area contributed by atoms with E-state index in [0.717, 1.165) is 6.54 Å². The summed E-state index contributed by atoms with van der Waals surface area (Å²) in [5.41, 5.74) is 3.83. The van der Waals surface area contributed by atoms with Crippen molar-refractivity contribution in [3.8, 4) is 0 Å². The predicted octanol–water partition coefficient (Wildman–Crippen LogP) is 6.84. The molecule has 0 fully saturated rings. The summed E-state index contributed by atoms with van der Waals surface area (Å²) in [4.78, 5) is 2.38. The van der Waals surface area contributed by atoms with Crippen molar-refractivity contribution < 1.29 is 0 Å². The van der Waals surface area contributed by atoms with Crippen molar-refractivity contribution in [1.82, 2.24) is 0 Å². The lowest BCUT2D eigenvalue weighted by molar-refractivity contribution is 0.651. The van der Waals surface area contributed by atoms with Crippen LogP contribution in [-0.4, -0.2) is 6.54 Å². The lowest BCUT2D eigenvalue weighted by Crippen LogP contribution is -2.22. The van der Waals surface area contributed by atoms with Crippen LogP contribution in [-0.2, 0) is 0 Å². The molecular weight excluding hydrogens is 266 g/mol. The Kier molecular flexibility index (Phi) is 10.9. The second-order valence-corrected chi connectivity index (χ2v) is 5.18. The van der Waals surface area contributed by atoms with Gasteiger partial charge in [0, 0.05) is 17.9 Å². The van der Waals surface area contributed by atoms with Crippen LogP contribution in [0.4, 0.5) is 11.4 Å². The van der Waals surface area contributed by atoms with E-state index >= 15 is 0 Å². The van der Waals surface area contributed by atoms with Crippen LogP contribution in [0.5, 0.6) is 0 Å². The van der Waals surface area contributed by atoms with Gasteiger partial charge in [0.2, 0.25) is 0 Å². The molecule has 122 valence electrons. The van der Waals surface area contributed by atoms with E-state index < -0.39 is 0 Å². The molecule has 0 heterocycles. The minimum atomic E-state index is 0.631. The van der Waals surface area contributed by atoms with Gasteiger partial charge in [0.25, 0.3) is 0 Å². The number of para-hydroxylation sites is 1. The molecule has 1 heteroatoms. The van der Waals surface area contributed by atoms with Gasteiger partial charge in [-0.05, 0) is 37.1 Å². The zero-order valence-electron chi connectivity index (χ0n) is 15.4. The van der Waals surface area contributed by atoms with E-state index in [2.05, 4.69) is 80.3 Å². The van der Waals surface area contributed by atoms with Gasteiger partial charge >= 0.3 is 0 Å².